The molecule has 0 aromatic carbocycles. The second-order valence-corrected chi connectivity index (χ2v) is 15.1. The Hall–Kier alpha value is -1.63. The Balaban J connectivity index is 6.66. The van der Waals surface area contributed by atoms with E-state index in [4.69, 9.17) is 5.73 Å². The fraction of sp³-hybridized carbons (Fsp3) is 0.893. The Labute approximate surface area is 214 Å². The van der Waals surface area contributed by atoms with Crippen LogP contribution in [0.4, 0.5) is 0 Å². The molecule has 5 N–H and O–H groups in total. The van der Waals surface area contributed by atoms with E-state index in [0.29, 0.717) is 12.8 Å². The lowest BCUT2D eigenvalue weighted by Gasteiger charge is -2.55. The Bertz CT molecular complexity index is 782. The highest BCUT2D eigenvalue weighted by Gasteiger charge is 2.57. The summed E-state index contributed by atoms with van der Waals surface area (Å²) in [5.41, 5.74) is 4.39. The molecule has 0 saturated heterocycles. The Morgan fingerprint density at radius 3 is 1.43 bits per heavy atom. The smallest absolute Gasteiger partial charge is 0.307 e. The predicted octanol–water partition coefficient (Wildman–Crippen LogP) is 5.89. The Kier molecular flexibility index (Phi) is 9.91. The molecule has 7 heteroatoms. The molecule has 3 unspecified atom stereocenters. The van der Waals surface area contributed by atoms with Gasteiger partial charge < -0.3 is 10.8 Å². The molecular weight excluding hydrogens is 444 g/mol. The molecule has 0 rings (SSSR count). The molecule has 0 radical (unpaired) electrons. The molecule has 0 aromatic rings. The number of nitrogens with one attached hydrogen (secondary N) is 1. The third-order valence-electron chi connectivity index (χ3n) is 9.28. The van der Waals surface area contributed by atoms with E-state index in [2.05, 4.69) is 0 Å². The van der Waals surface area contributed by atoms with Gasteiger partial charge in [0.25, 0.3) is 0 Å². The summed E-state index contributed by atoms with van der Waals surface area (Å²) >= 11 is 0. The number of primary amides is 1. The Morgan fingerprint density at radius 1 is 0.714 bits per heavy atom. The van der Waals surface area contributed by atoms with E-state index in [9.17, 15) is 24.7 Å². The van der Waals surface area contributed by atoms with Gasteiger partial charge in [0.05, 0.1) is 11.8 Å². The van der Waals surface area contributed by atoms with Crippen molar-refractivity contribution in [2.45, 2.75) is 110 Å². The van der Waals surface area contributed by atoms with E-state index in [-0.39, 0.29) is 5.41 Å². The van der Waals surface area contributed by atoms with E-state index in [1.54, 1.807) is 0 Å². The maximum atomic E-state index is 13.0. The van der Waals surface area contributed by atoms with Gasteiger partial charge in [-0.15, -0.1) is 0 Å². The van der Waals surface area contributed by atoms with E-state index in [1.807, 2.05) is 102 Å². The van der Waals surface area contributed by atoms with Crippen molar-refractivity contribution in [3.05, 3.63) is 0 Å². The van der Waals surface area contributed by atoms with Crippen molar-refractivity contribution in [3.63, 3.8) is 0 Å². The third kappa shape index (κ3) is 7.21. The number of carboxylic acids is 1. The summed E-state index contributed by atoms with van der Waals surface area (Å²) in [5, 5.41) is 19.7. The van der Waals surface area contributed by atoms with Crippen molar-refractivity contribution in [3.8, 4) is 0 Å². The summed E-state index contributed by atoms with van der Waals surface area (Å²) < 4.78 is 0. The summed E-state index contributed by atoms with van der Waals surface area (Å²) in [7, 11) is 0. The van der Waals surface area contributed by atoms with Gasteiger partial charge in [-0.2, -0.15) is 0 Å². The van der Waals surface area contributed by atoms with Gasteiger partial charge in [0.1, 0.15) is 0 Å². The molecule has 0 fully saturated rings. The molecule has 0 spiro atoms. The zero-order chi connectivity index (χ0) is 28.6. The lowest BCUT2D eigenvalue weighted by Crippen LogP contribution is -2.56. The summed E-state index contributed by atoms with van der Waals surface area (Å²) in [6, 6.07) is 0. The summed E-state index contributed by atoms with van der Waals surface area (Å²) in [4.78, 5) is 38.2. The van der Waals surface area contributed by atoms with Crippen LogP contribution in [0.5, 0.6) is 0 Å². The summed E-state index contributed by atoms with van der Waals surface area (Å²) in [6.45, 7) is 27.6. The van der Waals surface area contributed by atoms with Crippen molar-refractivity contribution in [2.24, 2.45) is 56.0 Å². The average Bonchev–Trinajstić information content (AvgIpc) is 2.60. The molecule has 2 amide bonds. The van der Waals surface area contributed by atoms with E-state index in [0.717, 1.165) is 0 Å². The van der Waals surface area contributed by atoms with Gasteiger partial charge in [-0.1, -0.05) is 96.9 Å². The highest BCUT2D eigenvalue weighted by atomic mass is 16.5. The Morgan fingerprint density at radius 2 is 1.14 bits per heavy atom. The molecule has 0 saturated carbocycles. The lowest BCUT2D eigenvalue weighted by atomic mass is 9.48. The maximum absolute atomic E-state index is 13.0. The van der Waals surface area contributed by atoms with Gasteiger partial charge in [0, 0.05) is 5.92 Å². The van der Waals surface area contributed by atoms with Crippen LogP contribution in [0.25, 0.3) is 0 Å². The van der Waals surface area contributed by atoms with Crippen LogP contribution in [-0.4, -0.2) is 28.1 Å². The minimum atomic E-state index is -0.847. The number of amides is 2. The standard InChI is InChI=1S/C28H54N2O5/c1-23(2,3)15-18(22(33)34)26(9,10)25(7,8)16-17(20(29)31)27(11,12)28(13,14)19(21(32)30-35)24(4,5)6/h17-19,35H,15-16H2,1-14H3,(H2,29,31)(H,30,32)(H,33,34). The highest BCUT2D eigenvalue weighted by Crippen LogP contribution is 2.59. The number of hydrogen-bond acceptors (Lipinski definition) is 4. The fourth-order valence-corrected chi connectivity index (χ4v) is 5.91. The van der Waals surface area contributed by atoms with Gasteiger partial charge in [0.15, 0.2) is 0 Å². The predicted molar refractivity (Wildman–Crippen MR) is 140 cm³/mol. The van der Waals surface area contributed by atoms with Crippen LogP contribution in [0.3, 0.4) is 0 Å². The molecule has 206 valence electrons. The molecule has 7 nitrogen and oxygen atoms in total. The molecule has 35 heavy (non-hydrogen) atoms. The molecule has 3 atom stereocenters. The van der Waals surface area contributed by atoms with Crippen LogP contribution in [0.15, 0.2) is 0 Å². The quantitative estimate of drug-likeness (QED) is 0.208. The number of aliphatic carboxylic acids is 1. The molecule has 0 aliphatic heterocycles. The van der Waals surface area contributed by atoms with Gasteiger partial charge in [-0.25, -0.2) is 5.48 Å². The van der Waals surface area contributed by atoms with Crippen LogP contribution in [0.2, 0.25) is 0 Å². The number of nitrogens with two attached hydrogens (primary N) is 1. The molecular formula is C28H54N2O5. The monoisotopic (exact) mass is 498 g/mol. The molecule has 0 bridgehead atoms. The van der Waals surface area contributed by atoms with Crippen LogP contribution in [0, 0.1) is 50.2 Å². The zero-order valence-corrected chi connectivity index (χ0v) is 24.8. The molecule has 0 aliphatic carbocycles. The largest absolute Gasteiger partial charge is 0.481 e. The first-order chi connectivity index (χ1) is 15.2. The maximum Gasteiger partial charge on any atom is 0.307 e. The third-order valence-corrected chi connectivity index (χ3v) is 9.28. The molecule has 0 aromatic heterocycles. The first kappa shape index (κ1) is 33.4. The summed E-state index contributed by atoms with van der Waals surface area (Å²) in [5.74, 6) is -3.72. The van der Waals surface area contributed by atoms with Crippen molar-refractivity contribution < 1.29 is 24.7 Å². The van der Waals surface area contributed by atoms with Crippen LogP contribution >= 0.6 is 0 Å². The minimum absolute atomic E-state index is 0.182. The highest BCUT2D eigenvalue weighted by molar-refractivity contribution is 5.80. The lowest BCUT2D eigenvalue weighted by molar-refractivity contribution is -0.160. The second-order valence-electron chi connectivity index (χ2n) is 15.1. The number of carbonyl (C=O) groups is 3. The van der Waals surface area contributed by atoms with E-state index >= 15 is 0 Å². The van der Waals surface area contributed by atoms with Gasteiger partial charge in [0.2, 0.25) is 11.8 Å². The van der Waals surface area contributed by atoms with E-state index < -0.39 is 62.6 Å². The second kappa shape index (κ2) is 10.4. The minimum Gasteiger partial charge on any atom is -0.481 e. The zero-order valence-electron chi connectivity index (χ0n) is 24.8. The topological polar surface area (TPSA) is 130 Å². The number of hydrogen-bond donors (Lipinski definition) is 4. The molecule has 0 aliphatic rings. The SMILES string of the molecule is CC(C)(C)CC(C(=O)O)C(C)(C)C(C)(C)CC(C(N)=O)C(C)(C)C(C)(C)C(C(=O)NO)C(C)(C)C. The van der Waals surface area contributed by atoms with Crippen LogP contribution in [0.1, 0.15) is 110 Å². The van der Waals surface area contributed by atoms with Crippen molar-refractivity contribution in [1.29, 1.82) is 0 Å². The summed E-state index contributed by atoms with van der Waals surface area (Å²) in [6.07, 6.45) is 0.856. The fourth-order valence-electron chi connectivity index (χ4n) is 5.91. The van der Waals surface area contributed by atoms with Crippen molar-refractivity contribution in [1.82, 2.24) is 5.48 Å². The normalized spacial score (nSPS) is 16.9. The van der Waals surface area contributed by atoms with Gasteiger partial charge in [-0.3, -0.25) is 19.6 Å². The first-order valence-electron chi connectivity index (χ1n) is 12.6. The van der Waals surface area contributed by atoms with Crippen molar-refractivity contribution in [2.75, 3.05) is 0 Å². The number of rotatable bonds is 11. The van der Waals surface area contributed by atoms with Crippen LogP contribution in [-0.2, 0) is 14.4 Å². The van der Waals surface area contributed by atoms with Crippen LogP contribution < -0.4 is 11.2 Å². The number of carboxylic acid groups (broad SMARTS) is 1. The number of carbonyl (C=O) groups excluding carboxylic acids is 2. The first-order valence-corrected chi connectivity index (χ1v) is 12.6. The molecule has 0 heterocycles. The van der Waals surface area contributed by atoms with Gasteiger partial charge >= 0.3 is 5.97 Å². The van der Waals surface area contributed by atoms with Crippen molar-refractivity contribution >= 4 is 17.8 Å². The van der Waals surface area contributed by atoms with E-state index in [1.165, 1.54) is 0 Å². The number of hydroxylamine groups is 1. The van der Waals surface area contributed by atoms with Gasteiger partial charge in [-0.05, 0) is 45.3 Å². The average molecular weight is 499 g/mol.